The first-order chi connectivity index (χ1) is 7.20. The van der Waals surface area contributed by atoms with Crippen LogP contribution in [0.5, 0.6) is 0 Å². The SMILES string of the molecule is CC(C)C(O)CNCCCN1CCCC1. The lowest BCUT2D eigenvalue weighted by Crippen LogP contribution is -2.32. The third-order valence-electron chi connectivity index (χ3n) is 3.15. The van der Waals surface area contributed by atoms with E-state index in [0.29, 0.717) is 5.92 Å². The lowest BCUT2D eigenvalue weighted by atomic mass is 10.1. The van der Waals surface area contributed by atoms with Crippen molar-refractivity contribution in [1.82, 2.24) is 10.2 Å². The van der Waals surface area contributed by atoms with Gasteiger partial charge in [-0.3, -0.25) is 0 Å². The molecular weight excluding hydrogens is 188 g/mol. The molecule has 1 unspecified atom stereocenters. The summed E-state index contributed by atoms with van der Waals surface area (Å²) in [6, 6.07) is 0. The smallest absolute Gasteiger partial charge is 0.0687 e. The largest absolute Gasteiger partial charge is 0.392 e. The molecule has 0 aromatic heterocycles. The molecule has 1 saturated heterocycles. The van der Waals surface area contributed by atoms with Gasteiger partial charge in [-0.1, -0.05) is 13.8 Å². The van der Waals surface area contributed by atoms with Gasteiger partial charge in [0.2, 0.25) is 0 Å². The normalized spacial score (nSPS) is 20.0. The first-order valence-corrected chi connectivity index (χ1v) is 6.31. The third kappa shape index (κ3) is 5.50. The van der Waals surface area contributed by atoms with Gasteiger partial charge in [-0.2, -0.15) is 0 Å². The number of aliphatic hydroxyl groups excluding tert-OH is 1. The minimum atomic E-state index is -0.197. The Bertz CT molecular complexity index is 152. The molecule has 0 radical (unpaired) electrons. The summed E-state index contributed by atoms with van der Waals surface area (Å²) >= 11 is 0. The molecule has 3 heteroatoms. The van der Waals surface area contributed by atoms with Crippen LogP contribution in [0.3, 0.4) is 0 Å². The predicted molar refractivity (Wildman–Crippen MR) is 64.0 cm³/mol. The number of nitrogens with one attached hydrogen (secondary N) is 1. The van der Waals surface area contributed by atoms with Crippen molar-refractivity contribution in [2.45, 2.75) is 39.2 Å². The van der Waals surface area contributed by atoms with Gasteiger partial charge in [-0.05, 0) is 51.4 Å². The Labute approximate surface area is 93.9 Å². The zero-order chi connectivity index (χ0) is 11.1. The maximum atomic E-state index is 9.56. The van der Waals surface area contributed by atoms with Gasteiger partial charge in [-0.25, -0.2) is 0 Å². The molecule has 0 aromatic carbocycles. The summed E-state index contributed by atoms with van der Waals surface area (Å²) in [7, 11) is 0. The summed E-state index contributed by atoms with van der Waals surface area (Å²) < 4.78 is 0. The van der Waals surface area contributed by atoms with Crippen LogP contribution >= 0.6 is 0 Å². The van der Waals surface area contributed by atoms with Crippen LogP contribution in [-0.2, 0) is 0 Å². The average Bonchev–Trinajstić information content (AvgIpc) is 2.69. The standard InChI is InChI=1S/C12H26N2O/c1-11(2)12(15)10-13-6-5-9-14-7-3-4-8-14/h11-13,15H,3-10H2,1-2H3. The van der Waals surface area contributed by atoms with Crippen molar-refractivity contribution in [1.29, 1.82) is 0 Å². The first kappa shape index (κ1) is 12.9. The van der Waals surface area contributed by atoms with Crippen LogP contribution in [0.1, 0.15) is 33.1 Å². The molecule has 1 aliphatic heterocycles. The van der Waals surface area contributed by atoms with Crippen molar-refractivity contribution in [3.05, 3.63) is 0 Å². The fourth-order valence-corrected chi connectivity index (χ4v) is 1.92. The second-order valence-corrected chi connectivity index (χ2v) is 4.92. The van der Waals surface area contributed by atoms with Crippen LogP contribution in [0.4, 0.5) is 0 Å². The second kappa shape index (κ2) is 7.20. The van der Waals surface area contributed by atoms with Crippen LogP contribution in [-0.4, -0.2) is 48.8 Å². The summed E-state index contributed by atoms with van der Waals surface area (Å²) in [5, 5.41) is 12.9. The topological polar surface area (TPSA) is 35.5 Å². The molecule has 0 bridgehead atoms. The number of hydrogen-bond donors (Lipinski definition) is 2. The number of hydrogen-bond acceptors (Lipinski definition) is 3. The molecule has 1 heterocycles. The van der Waals surface area contributed by atoms with Crippen LogP contribution in [0.15, 0.2) is 0 Å². The van der Waals surface area contributed by atoms with Gasteiger partial charge >= 0.3 is 0 Å². The Morgan fingerprint density at radius 1 is 1.27 bits per heavy atom. The molecule has 0 amide bonds. The van der Waals surface area contributed by atoms with E-state index in [1.807, 2.05) is 0 Å². The van der Waals surface area contributed by atoms with Crippen LogP contribution in [0.2, 0.25) is 0 Å². The zero-order valence-corrected chi connectivity index (χ0v) is 10.2. The van der Waals surface area contributed by atoms with Crippen molar-refractivity contribution in [2.75, 3.05) is 32.7 Å². The maximum absolute atomic E-state index is 9.56. The molecule has 90 valence electrons. The van der Waals surface area contributed by atoms with E-state index in [1.165, 1.54) is 38.9 Å². The molecule has 1 fully saturated rings. The third-order valence-corrected chi connectivity index (χ3v) is 3.15. The van der Waals surface area contributed by atoms with Crippen LogP contribution in [0, 0.1) is 5.92 Å². The molecule has 3 nitrogen and oxygen atoms in total. The molecule has 1 rings (SSSR count). The molecule has 2 N–H and O–H groups in total. The summed E-state index contributed by atoms with van der Waals surface area (Å²) in [6.45, 7) is 9.65. The molecule has 1 atom stereocenters. The van der Waals surface area contributed by atoms with Crippen molar-refractivity contribution < 1.29 is 5.11 Å². The molecule has 0 spiro atoms. The molecule has 1 aliphatic rings. The Kier molecular flexibility index (Phi) is 6.22. The number of likely N-dealkylation sites (tertiary alicyclic amines) is 1. The fraction of sp³-hybridized carbons (Fsp3) is 1.00. The van der Waals surface area contributed by atoms with Gasteiger partial charge in [-0.15, -0.1) is 0 Å². The summed E-state index contributed by atoms with van der Waals surface area (Å²) in [5.41, 5.74) is 0. The highest BCUT2D eigenvalue weighted by atomic mass is 16.3. The van der Waals surface area contributed by atoms with E-state index in [9.17, 15) is 5.11 Å². The van der Waals surface area contributed by atoms with Gasteiger partial charge in [0.15, 0.2) is 0 Å². The van der Waals surface area contributed by atoms with Crippen LogP contribution in [0.25, 0.3) is 0 Å². The number of rotatable bonds is 7. The van der Waals surface area contributed by atoms with Crippen molar-refractivity contribution >= 4 is 0 Å². The highest BCUT2D eigenvalue weighted by Crippen LogP contribution is 2.06. The molecule has 0 saturated carbocycles. The molecule has 15 heavy (non-hydrogen) atoms. The van der Waals surface area contributed by atoms with E-state index in [4.69, 9.17) is 0 Å². The van der Waals surface area contributed by atoms with Crippen LogP contribution < -0.4 is 5.32 Å². The predicted octanol–water partition coefficient (Wildman–Crippen LogP) is 1.08. The van der Waals surface area contributed by atoms with E-state index >= 15 is 0 Å². The minimum absolute atomic E-state index is 0.197. The van der Waals surface area contributed by atoms with Crippen molar-refractivity contribution in [2.24, 2.45) is 5.92 Å². The highest BCUT2D eigenvalue weighted by Gasteiger charge is 2.10. The van der Waals surface area contributed by atoms with Gasteiger partial charge in [0.05, 0.1) is 6.10 Å². The Morgan fingerprint density at radius 3 is 2.53 bits per heavy atom. The summed E-state index contributed by atoms with van der Waals surface area (Å²) in [4.78, 5) is 2.53. The maximum Gasteiger partial charge on any atom is 0.0687 e. The highest BCUT2D eigenvalue weighted by molar-refractivity contribution is 4.67. The fourth-order valence-electron chi connectivity index (χ4n) is 1.92. The van der Waals surface area contributed by atoms with Crippen molar-refractivity contribution in [3.63, 3.8) is 0 Å². The monoisotopic (exact) mass is 214 g/mol. The lowest BCUT2D eigenvalue weighted by Gasteiger charge is -2.17. The van der Waals surface area contributed by atoms with Gasteiger partial charge < -0.3 is 15.3 Å². The number of nitrogens with zero attached hydrogens (tertiary/aromatic N) is 1. The Morgan fingerprint density at radius 2 is 1.93 bits per heavy atom. The molecule has 0 aromatic rings. The zero-order valence-electron chi connectivity index (χ0n) is 10.2. The van der Waals surface area contributed by atoms with E-state index in [2.05, 4.69) is 24.1 Å². The Hall–Kier alpha value is -0.120. The van der Waals surface area contributed by atoms with Gasteiger partial charge in [0.1, 0.15) is 0 Å². The van der Waals surface area contributed by atoms with Gasteiger partial charge in [0, 0.05) is 6.54 Å². The van der Waals surface area contributed by atoms with E-state index < -0.39 is 0 Å². The molecule has 0 aliphatic carbocycles. The van der Waals surface area contributed by atoms with Gasteiger partial charge in [0.25, 0.3) is 0 Å². The minimum Gasteiger partial charge on any atom is -0.392 e. The van der Waals surface area contributed by atoms with E-state index in [-0.39, 0.29) is 6.10 Å². The second-order valence-electron chi connectivity index (χ2n) is 4.92. The van der Waals surface area contributed by atoms with E-state index in [1.54, 1.807) is 0 Å². The van der Waals surface area contributed by atoms with E-state index in [0.717, 1.165) is 13.1 Å². The average molecular weight is 214 g/mol. The van der Waals surface area contributed by atoms with Crippen molar-refractivity contribution in [3.8, 4) is 0 Å². The summed E-state index contributed by atoms with van der Waals surface area (Å²) in [6.07, 6.45) is 3.75. The first-order valence-electron chi connectivity index (χ1n) is 6.31. The lowest BCUT2D eigenvalue weighted by molar-refractivity contribution is 0.123. The number of aliphatic hydroxyl groups is 1. The quantitative estimate of drug-likeness (QED) is 0.623. The Balaban J connectivity index is 1.88. The molecular formula is C12H26N2O. The summed E-state index contributed by atoms with van der Waals surface area (Å²) in [5.74, 6) is 0.357.